The predicted molar refractivity (Wildman–Crippen MR) is 71.7 cm³/mol. The lowest BCUT2D eigenvalue weighted by Gasteiger charge is -2.18. The highest BCUT2D eigenvalue weighted by Crippen LogP contribution is 2.41. The van der Waals surface area contributed by atoms with Crippen LogP contribution in [0.15, 0.2) is 12.1 Å². The van der Waals surface area contributed by atoms with E-state index in [0.717, 1.165) is 0 Å². The lowest BCUT2D eigenvalue weighted by molar-refractivity contribution is 0.174. The Bertz CT molecular complexity index is 563. The number of rotatable bonds is 2. The molecule has 0 bridgehead atoms. The summed E-state index contributed by atoms with van der Waals surface area (Å²) >= 11 is 4.83. The molecule has 1 saturated heterocycles. The van der Waals surface area contributed by atoms with E-state index in [1.54, 1.807) is 12.1 Å². The number of cyclic esters (lactones) is 1. The van der Waals surface area contributed by atoms with E-state index in [2.05, 4.69) is 5.32 Å². The normalized spacial score (nSPS) is 16.4. The molecule has 2 aliphatic rings. The topological polar surface area (TPSA) is 86.1 Å². The van der Waals surface area contributed by atoms with Gasteiger partial charge in [0.2, 0.25) is 6.79 Å². The molecule has 0 atom stereocenters. The molecule has 0 unspecified atom stereocenters. The van der Waals surface area contributed by atoms with Crippen molar-refractivity contribution in [2.75, 3.05) is 30.2 Å². The fraction of sp³-hybridized carbons (Fsp3) is 0.273. The largest absolute Gasteiger partial charge is 0.454 e. The average molecular weight is 281 g/mol. The van der Waals surface area contributed by atoms with Gasteiger partial charge in [0, 0.05) is 12.1 Å². The molecule has 100 valence electrons. The molecule has 19 heavy (non-hydrogen) atoms. The maximum absolute atomic E-state index is 11.7. The first-order valence-corrected chi connectivity index (χ1v) is 6.00. The SMILES string of the molecule is NC(=S)Nc1cc2c(cc1N1CCOC1=O)OCO2. The van der Waals surface area contributed by atoms with Crippen LogP contribution < -0.4 is 25.4 Å². The minimum atomic E-state index is -0.412. The molecule has 7 nitrogen and oxygen atoms in total. The number of nitrogens with zero attached hydrogens (tertiary/aromatic N) is 1. The van der Waals surface area contributed by atoms with Crippen LogP contribution in [0.1, 0.15) is 0 Å². The fourth-order valence-electron chi connectivity index (χ4n) is 2.00. The summed E-state index contributed by atoms with van der Waals surface area (Å²) in [5.41, 5.74) is 6.66. The molecule has 8 heteroatoms. The molecule has 2 heterocycles. The fourth-order valence-corrected chi connectivity index (χ4v) is 2.11. The predicted octanol–water partition coefficient (Wildman–Crippen LogP) is 1.03. The number of benzene rings is 1. The van der Waals surface area contributed by atoms with Crippen LogP contribution in [0.5, 0.6) is 11.5 Å². The summed E-state index contributed by atoms with van der Waals surface area (Å²) in [4.78, 5) is 13.1. The van der Waals surface area contributed by atoms with Gasteiger partial charge in [0.25, 0.3) is 0 Å². The van der Waals surface area contributed by atoms with Gasteiger partial charge in [-0.3, -0.25) is 4.90 Å². The lowest BCUT2D eigenvalue weighted by atomic mass is 10.2. The minimum absolute atomic E-state index is 0.104. The monoisotopic (exact) mass is 281 g/mol. The van der Waals surface area contributed by atoms with Gasteiger partial charge in [-0.2, -0.15) is 0 Å². The Balaban J connectivity index is 2.04. The molecular formula is C11H11N3O4S. The zero-order valence-electron chi connectivity index (χ0n) is 9.84. The van der Waals surface area contributed by atoms with Crippen molar-refractivity contribution in [1.82, 2.24) is 0 Å². The third-order valence-corrected chi connectivity index (χ3v) is 2.90. The van der Waals surface area contributed by atoms with E-state index in [1.165, 1.54) is 4.90 Å². The van der Waals surface area contributed by atoms with Crippen LogP contribution in [0.25, 0.3) is 0 Å². The van der Waals surface area contributed by atoms with Crippen molar-refractivity contribution in [3.8, 4) is 11.5 Å². The smallest absolute Gasteiger partial charge is 0.414 e. The first-order chi connectivity index (χ1) is 9.15. The second kappa shape index (κ2) is 4.47. The van der Waals surface area contributed by atoms with Crippen molar-refractivity contribution in [2.45, 2.75) is 0 Å². The number of fused-ring (bicyclic) bond motifs is 1. The number of anilines is 2. The maximum atomic E-state index is 11.7. The van der Waals surface area contributed by atoms with E-state index in [9.17, 15) is 4.79 Å². The summed E-state index contributed by atoms with van der Waals surface area (Å²) in [5, 5.41) is 2.93. The van der Waals surface area contributed by atoms with Crippen LogP contribution in [0.3, 0.4) is 0 Å². The Morgan fingerprint density at radius 2 is 2.05 bits per heavy atom. The highest BCUT2D eigenvalue weighted by atomic mass is 32.1. The van der Waals surface area contributed by atoms with Gasteiger partial charge >= 0.3 is 6.09 Å². The van der Waals surface area contributed by atoms with Crippen LogP contribution in [0.2, 0.25) is 0 Å². The Kier molecular flexibility index (Phi) is 2.79. The quantitative estimate of drug-likeness (QED) is 0.783. The van der Waals surface area contributed by atoms with Gasteiger partial charge in [0.15, 0.2) is 16.6 Å². The van der Waals surface area contributed by atoms with Gasteiger partial charge in [-0.25, -0.2) is 4.79 Å². The highest BCUT2D eigenvalue weighted by Gasteiger charge is 2.28. The van der Waals surface area contributed by atoms with Crippen LogP contribution in [-0.2, 0) is 4.74 Å². The molecular weight excluding hydrogens is 270 g/mol. The third-order valence-electron chi connectivity index (χ3n) is 2.80. The number of nitrogens with one attached hydrogen (secondary N) is 1. The van der Waals surface area contributed by atoms with E-state index >= 15 is 0 Å². The number of carbonyl (C=O) groups is 1. The standard InChI is InChI=1S/C11H11N3O4S/c12-10(19)13-6-3-8-9(18-5-17-8)4-7(6)14-1-2-16-11(14)15/h3-4H,1-2,5H2,(H3,12,13,19). The van der Waals surface area contributed by atoms with Gasteiger partial charge in [-0.15, -0.1) is 0 Å². The Labute approximate surface area is 114 Å². The number of ether oxygens (including phenoxy) is 3. The molecule has 2 aliphatic heterocycles. The van der Waals surface area contributed by atoms with Crippen LogP contribution in [0, 0.1) is 0 Å². The second-order valence-electron chi connectivity index (χ2n) is 3.98. The van der Waals surface area contributed by atoms with Crippen molar-refractivity contribution in [3.63, 3.8) is 0 Å². The Morgan fingerprint density at radius 3 is 2.68 bits per heavy atom. The van der Waals surface area contributed by atoms with Gasteiger partial charge in [0.05, 0.1) is 17.9 Å². The molecule has 0 radical (unpaired) electrons. The summed E-state index contributed by atoms with van der Waals surface area (Å²) in [6.45, 7) is 0.958. The van der Waals surface area contributed by atoms with Gasteiger partial charge < -0.3 is 25.3 Å². The van der Waals surface area contributed by atoms with E-state index < -0.39 is 6.09 Å². The maximum Gasteiger partial charge on any atom is 0.414 e. The third kappa shape index (κ3) is 2.10. The molecule has 1 aromatic carbocycles. The van der Waals surface area contributed by atoms with Crippen molar-refractivity contribution in [2.24, 2.45) is 5.73 Å². The van der Waals surface area contributed by atoms with Crippen molar-refractivity contribution in [3.05, 3.63) is 12.1 Å². The van der Waals surface area contributed by atoms with Crippen LogP contribution in [-0.4, -0.2) is 31.2 Å². The molecule has 1 aromatic rings. The highest BCUT2D eigenvalue weighted by molar-refractivity contribution is 7.80. The molecule has 0 aromatic heterocycles. The molecule has 0 spiro atoms. The zero-order chi connectivity index (χ0) is 13.4. The van der Waals surface area contributed by atoms with E-state index in [1.807, 2.05) is 0 Å². The van der Waals surface area contributed by atoms with Crippen molar-refractivity contribution >= 4 is 34.8 Å². The number of carbonyl (C=O) groups excluding carboxylic acids is 1. The number of hydrogen-bond acceptors (Lipinski definition) is 5. The molecule has 1 amide bonds. The van der Waals surface area contributed by atoms with Gasteiger partial charge in [-0.1, -0.05) is 0 Å². The van der Waals surface area contributed by atoms with Crippen molar-refractivity contribution in [1.29, 1.82) is 0 Å². The number of thiocarbonyl (C=S) groups is 1. The van der Waals surface area contributed by atoms with E-state index in [0.29, 0.717) is 36.0 Å². The zero-order valence-corrected chi connectivity index (χ0v) is 10.7. The minimum Gasteiger partial charge on any atom is -0.454 e. The summed E-state index contributed by atoms with van der Waals surface area (Å²) < 4.78 is 15.5. The van der Waals surface area contributed by atoms with Gasteiger partial charge in [-0.05, 0) is 12.2 Å². The van der Waals surface area contributed by atoms with E-state index in [-0.39, 0.29) is 11.9 Å². The van der Waals surface area contributed by atoms with Crippen molar-refractivity contribution < 1.29 is 19.0 Å². The summed E-state index contributed by atoms with van der Waals surface area (Å²) in [7, 11) is 0. The molecule has 3 N–H and O–H groups in total. The molecule has 0 saturated carbocycles. The number of hydrogen-bond donors (Lipinski definition) is 2. The summed E-state index contributed by atoms with van der Waals surface area (Å²) in [6, 6.07) is 3.40. The molecule has 3 rings (SSSR count). The van der Waals surface area contributed by atoms with Gasteiger partial charge in [0.1, 0.15) is 6.61 Å². The first-order valence-electron chi connectivity index (χ1n) is 5.59. The lowest BCUT2D eigenvalue weighted by Crippen LogP contribution is -2.26. The first kappa shape index (κ1) is 11.8. The van der Waals surface area contributed by atoms with Crippen LogP contribution >= 0.6 is 12.2 Å². The number of nitrogens with two attached hydrogens (primary N) is 1. The Hall–Kier alpha value is -2.22. The van der Waals surface area contributed by atoms with Crippen LogP contribution in [0.4, 0.5) is 16.2 Å². The molecule has 0 aliphatic carbocycles. The summed E-state index contributed by atoms with van der Waals surface area (Å²) in [5.74, 6) is 1.15. The molecule has 1 fully saturated rings. The Morgan fingerprint density at radius 1 is 1.32 bits per heavy atom. The average Bonchev–Trinajstić information content (AvgIpc) is 2.95. The second-order valence-corrected chi connectivity index (χ2v) is 4.42. The number of amides is 1. The summed E-state index contributed by atoms with van der Waals surface area (Å²) in [6.07, 6.45) is -0.412. The van der Waals surface area contributed by atoms with E-state index in [4.69, 9.17) is 32.2 Å².